The Morgan fingerprint density at radius 2 is 1.65 bits per heavy atom. The van der Waals surface area contributed by atoms with E-state index in [-0.39, 0.29) is 29.1 Å². The van der Waals surface area contributed by atoms with Crippen LogP contribution in [0.4, 0.5) is 5.69 Å². The zero-order chi connectivity index (χ0) is 30.9. The van der Waals surface area contributed by atoms with Crippen molar-refractivity contribution in [1.29, 1.82) is 0 Å². The number of aliphatic hydroxyl groups excluding tert-OH is 1. The first-order chi connectivity index (χ1) is 20.6. The minimum absolute atomic E-state index is 0.0734. The Labute approximate surface area is 252 Å². The molecule has 2 fully saturated rings. The maximum absolute atomic E-state index is 14.4. The molecule has 0 aliphatic carbocycles. The van der Waals surface area contributed by atoms with Gasteiger partial charge in [0.25, 0.3) is 17.6 Å². The van der Waals surface area contributed by atoms with E-state index in [4.69, 9.17) is 0 Å². The van der Waals surface area contributed by atoms with Crippen LogP contribution in [0, 0.1) is 0 Å². The van der Waals surface area contributed by atoms with Crippen molar-refractivity contribution in [2.45, 2.75) is 42.5 Å². The number of Topliss-reactive ketones (excluding diaryl/α,β-unsaturated/α-hetero) is 1. The topological polar surface area (TPSA) is 119 Å². The predicted octanol–water partition coefficient (Wildman–Crippen LogP) is 3.31. The van der Waals surface area contributed by atoms with Crippen LogP contribution in [0.1, 0.15) is 43.2 Å². The number of fused-ring (bicyclic) bond motifs is 2. The molecule has 1 N–H and O–H groups in total. The fourth-order valence-corrected chi connectivity index (χ4v) is 7.90. The summed E-state index contributed by atoms with van der Waals surface area (Å²) in [6.07, 6.45) is 5.62. The molecule has 2 aromatic rings. The van der Waals surface area contributed by atoms with E-state index < -0.39 is 38.9 Å². The molecule has 43 heavy (non-hydrogen) atoms. The van der Waals surface area contributed by atoms with Crippen LogP contribution in [-0.2, 0) is 29.9 Å². The first-order valence-electron chi connectivity index (χ1n) is 14.6. The van der Waals surface area contributed by atoms with Gasteiger partial charge >= 0.3 is 0 Å². The lowest BCUT2D eigenvalue weighted by atomic mass is 9.82. The van der Waals surface area contributed by atoms with Crippen LogP contribution in [0.3, 0.4) is 0 Å². The average Bonchev–Trinajstić information content (AvgIpc) is 3.20. The van der Waals surface area contributed by atoms with Gasteiger partial charge in [-0.15, -0.1) is 6.58 Å². The van der Waals surface area contributed by atoms with Crippen molar-refractivity contribution in [3.63, 3.8) is 0 Å². The van der Waals surface area contributed by atoms with E-state index in [0.29, 0.717) is 37.3 Å². The predicted molar refractivity (Wildman–Crippen MR) is 164 cm³/mol. The van der Waals surface area contributed by atoms with Crippen LogP contribution in [0.15, 0.2) is 71.7 Å². The quantitative estimate of drug-likeness (QED) is 0.201. The Balaban J connectivity index is 1.64. The lowest BCUT2D eigenvalue weighted by molar-refractivity contribution is -0.143. The monoisotopic (exact) mass is 606 g/mol. The second-order valence-electron chi connectivity index (χ2n) is 11.4. The van der Waals surface area contributed by atoms with Gasteiger partial charge < -0.3 is 19.8 Å². The molecule has 11 heteroatoms. The summed E-state index contributed by atoms with van der Waals surface area (Å²) in [6.45, 7) is 5.53. The lowest BCUT2D eigenvalue weighted by Crippen LogP contribution is -2.52. The summed E-state index contributed by atoms with van der Waals surface area (Å²) in [5.74, 6) is -2.90. The van der Waals surface area contributed by atoms with Crippen molar-refractivity contribution < 1.29 is 27.9 Å². The molecule has 0 radical (unpaired) electrons. The number of sulfonamides is 1. The maximum Gasteiger partial charge on any atom is 0.296 e. The van der Waals surface area contributed by atoms with Gasteiger partial charge in [-0.2, -0.15) is 4.31 Å². The third-order valence-electron chi connectivity index (χ3n) is 8.44. The highest BCUT2D eigenvalue weighted by Gasteiger charge is 2.66. The first-order valence-corrected chi connectivity index (χ1v) is 16.1. The van der Waals surface area contributed by atoms with Gasteiger partial charge in [-0.25, -0.2) is 8.42 Å². The zero-order valence-corrected chi connectivity index (χ0v) is 25.5. The van der Waals surface area contributed by atoms with E-state index in [2.05, 4.69) is 6.58 Å². The number of hydrogen-bond acceptors (Lipinski definition) is 7. The molecule has 1 unspecified atom stereocenters. The molecule has 1 atom stereocenters. The second-order valence-corrected chi connectivity index (χ2v) is 13.4. The van der Waals surface area contributed by atoms with Gasteiger partial charge in [-0.3, -0.25) is 14.4 Å². The Morgan fingerprint density at radius 3 is 2.28 bits per heavy atom. The van der Waals surface area contributed by atoms with E-state index in [0.717, 1.165) is 25.7 Å². The summed E-state index contributed by atoms with van der Waals surface area (Å²) < 4.78 is 28.1. The summed E-state index contributed by atoms with van der Waals surface area (Å²) in [7, 11) is 0.0377. The number of carbonyl (C=O) groups is 3. The number of nitrogens with zero attached hydrogens (tertiary/aromatic N) is 4. The van der Waals surface area contributed by atoms with Gasteiger partial charge in [0.15, 0.2) is 5.54 Å². The number of amides is 2. The van der Waals surface area contributed by atoms with E-state index in [1.807, 2.05) is 19.0 Å². The molecule has 0 bridgehead atoms. The fraction of sp³-hybridized carbons (Fsp3) is 0.406. The Morgan fingerprint density at radius 1 is 1.00 bits per heavy atom. The fourth-order valence-electron chi connectivity index (χ4n) is 6.38. The van der Waals surface area contributed by atoms with Crippen molar-refractivity contribution >= 4 is 39.1 Å². The van der Waals surface area contributed by atoms with Crippen LogP contribution in [0.2, 0.25) is 0 Å². The molecule has 1 spiro atoms. The maximum atomic E-state index is 14.4. The Hall–Kier alpha value is -3.80. The molecule has 2 saturated heterocycles. The van der Waals surface area contributed by atoms with Crippen LogP contribution in [-0.4, -0.2) is 92.0 Å². The van der Waals surface area contributed by atoms with Gasteiger partial charge in [0.05, 0.1) is 16.2 Å². The van der Waals surface area contributed by atoms with E-state index in [1.165, 1.54) is 38.4 Å². The van der Waals surface area contributed by atoms with Crippen LogP contribution < -0.4 is 4.90 Å². The molecule has 0 aromatic heterocycles. The van der Waals surface area contributed by atoms with Crippen molar-refractivity contribution in [2.24, 2.45) is 0 Å². The van der Waals surface area contributed by atoms with E-state index in [1.54, 1.807) is 30.3 Å². The summed E-state index contributed by atoms with van der Waals surface area (Å²) >= 11 is 0. The molecule has 0 saturated carbocycles. The molecule has 228 valence electrons. The number of likely N-dealkylation sites (tertiary alicyclic amines) is 1. The van der Waals surface area contributed by atoms with Crippen molar-refractivity contribution in [3.05, 3.63) is 77.9 Å². The average molecular weight is 607 g/mol. The molecular weight excluding hydrogens is 568 g/mol. The number of para-hydroxylation sites is 1. The molecule has 2 amide bonds. The number of benzene rings is 2. The molecular formula is C32H38N4O6S. The smallest absolute Gasteiger partial charge is 0.296 e. The normalized spacial score (nSPS) is 22.4. The summed E-state index contributed by atoms with van der Waals surface area (Å²) in [6, 6.07) is 12.6. The lowest BCUT2D eigenvalue weighted by Gasteiger charge is -2.34. The Bertz CT molecular complexity index is 1570. The Kier molecular flexibility index (Phi) is 8.60. The van der Waals surface area contributed by atoms with Crippen LogP contribution in [0.25, 0.3) is 5.76 Å². The van der Waals surface area contributed by atoms with Gasteiger partial charge in [0.1, 0.15) is 5.76 Å². The van der Waals surface area contributed by atoms with Crippen molar-refractivity contribution in [2.75, 3.05) is 51.7 Å². The highest BCUT2D eigenvalue weighted by molar-refractivity contribution is 7.89. The number of aliphatic hydroxyl groups is 1. The summed E-state index contributed by atoms with van der Waals surface area (Å²) in [5.41, 5.74) is -1.12. The highest BCUT2D eigenvalue weighted by Crippen LogP contribution is 2.53. The van der Waals surface area contributed by atoms with Gasteiger partial charge in [-0.05, 0) is 70.2 Å². The van der Waals surface area contributed by atoms with Crippen LogP contribution in [0.5, 0.6) is 0 Å². The van der Waals surface area contributed by atoms with Gasteiger partial charge in [0, 0.05) is 37.3 Å². The van der Waals surface area contributed by atoms with Gasteiger partial charge in [-0.1, -0.05) is 37.1 Å². The third kappa shape index (κ3) is 5.09. The number of carbonyl (C=O) groups excluding carboxylic acids is 3. The molecule has 2 aromatic carbocycles. The zero-order valence-electron chi connectivity index (χ0n) is 24.7. The first kappa shape index (κ1) is 30.7. The minimum Gasteiger partial charge on any atom is -0.507 e. The van der Waals surface area contributed by atoms with Crippen LogP contribution >= 0.6 is 0 Å². The second kappa shape index (κ2) is 12.1. The highest BCUT2D eigenvalue weighted by atomic mass is 32.2. The van der Waals surface area contributed by atoms with Gasteiger partial charge in [0.2, 0.25) is 10.0 Å². The summed E-state index contributed by atoms with van der Waals surface area (Å²) in [5, 5.41) is 11.7. The number of rotatable bonds is 9. The molecule has 10 nitrogen and oxygen atoms in total. The summed E-state index contributed by atoms with van der Waals surface area (Å²) in [4.78, 5) is 46.6. The SMILES string of the molecule is C=CCN1C(=O)C2(/C(=C(/O)c3ccc(S(=O)(=O)N4CCCCCC4)cc3)C(=O)C(=O)N2CCCN(C)C)c2ccccc21. The molecule has 3 aliphatic rings. The minimum atomic E-state index is -3.74. The molecule has 3 heterocycles. The van der Waals surface area contributed by atoms with Crippen molar-refractivity contribution in [3.8, 4) is 0 Å². The van der Waals surface area contributed by atoms with Crippen molar-refractivity contribution in [1.82, 2.24) is 14.1 Å². The number of anilines is 1. The largest absolute Gasteiger partial charge is 0.507 e. The standard InChI is InChI=1S/C32H38N4O6S/c1-4-18-35-26-13-8-7-12-25(26)32(31(35)40)27(29(38)30(39)36(32)22-11-19-33(2)3)28(37)23-14-16-24(17-15-23)43(41,42)34-20-9-5-6-10-21-34/h4,7-8,12-17,37H,1,5-6,9-11,18-22H2,2-3H3/b28-27+. The number of hydrogen-bond donors (Lipinski definition) is 1. The molecule has 3 aliphatic heterocycles. The van der Waals surface area contributed by atoms with E-state index in [9.17, 15) is 27.9 Å². The molecule has 5 rings (SSSR count). The number of ketones is 1. The third-order valence-corrected chi connectivity index (χ3v) is 10.4. The van der Waals surface area contributed by atoms with E-state index >= 15 is 0 Å².